The molecule has 0 fully saturated rings. The molecule has 1 aromatic carbocycles. The number of hydrogen-bond acceptors (Lipinski definition) is 5. The number of non-ortho nitro benzene ring substituents is 1. The van der Waals surface area contributed by atoms with Gasteiger partial charge in [0.2, 0.25) is 0 Å². The summed E-state index contributed by atoms with van der Waals surface area (Å²) in [4.78, 5) is 34.1. The molecule has 22 heavy (non-hydrogen) atoms. The summed E-state index contributed by atoms with van der Waals surface area (Å²) in [5.74, 6) is -1.10. The van der Waals surface area contributed by atoms with Gasteiger partial charge in [-0.05, 0) is 18.4 Å². The van der Waals surface area contributed by atoms with E-state index in [2.05, 4.69) is 10.1 Å². The molecule has 8 heteroatoms. The number of halogens is 1. The van der Waals surface area contributed by atoms with Crippen LogP contribution in [-0.2, 0) is 9.53 Å². The second-order valence-electron chi connectivity index (χ2n) is 5.10. The summed E-state index contributed by atoms with van der Waals surface area (Å²) in [6, 6.07) is 2.70. The third-order valence-electron chi connectivity index (χ3n) is 2.90. The zero-order valence-electron chi connectivity index (χ0n) is 12.5. The van der Waals surface area contributed by atoms with Gasteiger partial charge in [0.15, 0.2) is 0 Å². The number of nitro groups is 1. The number of esters is 1. The minimum absolute atomic E-state index is 0.0616. The van der Waals surface area contributed by atoms with Crippen molar-refractivity contribution in [2.75, 3.05) is 7.11 Å². The lowest BCUT2D eigenvalue weighted by Gasteiger charge is -2.18. The fraction of sp³-hybridized carbons (Fsp3) is 0.429. The Morgan fingerprint density at radius 2 is 2.05 bits per heavy atom. The van der Waals surface area contributed by atoms with E-state index in [9.17, 15) is 19.7 Å². The van der Waals surface area contributed by atoms with Gasteiger partial charge in [-0.2, -0.15) is 0 Å². The number of nitrogens with one attached hydrogen (secondary N) is 1. The molecule has 0 saturated heterocycles. The number of hydrogen-bond donors (Lipinski definition) is 1. The third kappa shape index (κ3) is 4.70. The molecule has 0 aromatic heterocycles. The Bertz CT molecular complexity index is 589. The van der Waals surface area contributed by atoms with E-state index in [1.54, 1.807) is 0 Å². The quantitative estimate of drug-likeness (QED) is 0.491. The fourth-order valence-electron chi connectivity index (χ4n) is 1.86. The fourth-order valence-corrected chi connectivity index (χ4v) is 2.07. The number of methoxy groups -OCH3 is 1. The van der Waals surface area contributed by atoms with Crippen molar-refractivity contribution in [2.45, 2.75) is 26.3 Å². The molecule has 0 saturated carbocycles. The van der Waals surface area contributed by atoms with Gasteiger partial charge in [-0.3, -0.25) is 14.9 Å². The summed E-state index contributed by atoms with van der Waals surface area (Å²) in [6.07, 6.45) is 0.380. The zero-order chi connectivity index (χ0) is 16.9. The topological polar surface area (TPSA) is 98.5 Å². The summed E-state index contributed by atoms with van der Waals surface area (Å²) >= 11 is 5.90. The first-order valence-electron chi connectivity index (χ1n) is 6.58. The monoisotopic (exact) mass is 328 g/mol. The zero-order valence-corrected chi connectivity index (χ0v) is 13.2. The predicted octanol–water partition coefficient (Wildman–Crippen LogP) is 2.57. The van der Waals surface area contributed by atoms with E-state index in [1.165, 1.54) is 19.2 Å². The van der Waals surface area contributed by atoms with Crippen molar-refractivity contribution in [1.82, 2.24) is 5.32 Å². The van der Waals surface area contributed by atoms with Crippen molar-refractivity contribution in [2.24, 2.45) is 5.92 Å². The van der Waals surface area contributed by atoms with Crippen LogP contribution in [0.5, 0.6) is 0 Å². The number of amides is 1. The number of carbonyl (C=O) groups is 2. The lowest BCUT2D eigenvalue weighted by Crippen LogP contribution is -2.42. The first-order valence-corrected chi connectivity index (χ1v) is 6.96. The van der Waals surface area contributed by atoms with Gasteiger partial charge in [0, 0.05) is 12.1 Å². The average Bonchev–Trinajstić information content (AvgIpc) is 2.45. The van der Waals surface area contributed by atoms with Crippen LogP contribution in [0, 0.1) is 16.0 Å². The minimum atomic E-state index is -0.840. The van der Waals surface area contributed by atoms with Crippen LogP contribution in [0.1, 0.15) is 30.6 Å². The van der Waals surface area contributed by atoms with E-state index in [-0.39, 0.29) is 22.2 Å². The number of ether oxygens (including phenoxy) is 1. The molecule has 1 N–H and O–H groups in total. The molecule has 0 bridgehead atoms. The molecule has 0 aliphatic carbocycles. The molecule has 0 heterocycles. The third-order valence-corrected chi connectivity index (χ3v) is 3.23. The number of carbonyl (C=O) groups excluding carboxylic acids is 2. The van der Waals surface area contributed by atoms with Gasteiger partial charge in [-0.1, -0.05) is 25.4 Å². The Morgan fingerprint density at radius 1 is 1.41 bits per heavy atom. The molecule has 0 radical (unpaired) electrons. The molecule has 0 aliphatic heterocycles. The largest absolute Gasteiger partial charge is 0.467 e. The van der Waals surface area contributed by atoms with Crippen molar-refractivity contribution in [3.05, 3.63) is 38.9 Å². The van der Waals surface area contributed by atoms with Gasteiger partial charge in [0.05, 0.1) is 22.6 Å². The molecular weight excluding hydrogens is 312 g/mol. The second-order valence-corrected chi connectivity index (χ2v) is 5.51. The number of nitro benzene ring substituents is 1. The lowest BCUT2D eigenvalue weighted by molar-refractivity contribution is -0.384. The minimum Gasteiger partial charge on any atom is -0.467 e. The van der Waals surface area contributed by atoms with Gasteiger partial charge in [-0.15, -0.1) is 0 Å². The number of nitrogens with zero attached hydrogens (tertiary/aromatic N) is 1. The normalized spacial score (nSPS) is 11.9. The molecular formula is C14H17ClN2O5. The van der Waals surface area contributed by atoms with Crippen molar-refractivity contribution < 1.29 is 19.2 Å². The molecule has 7 nitrogen and oxygen atoms in total. The number of rotatable bonds is 6. The molecule has 120 valence electrons. The molecule has 0 spiro atoms. The highest BCUT2D eigenvalue weighted by Crippen LogP contribution is 2.22. The van der Waals surface area contributed by atoms with Crippen molar-refractivity contribution in [3.8, 4) is 0 Å². The van der Waals surface area contributed by atoms with Crippen LogP contribution < -0.4 is 5.32 Å². The van der Waals surface area contributed by atoms with Crippen LogP contribution in [0.15, 0.2) is 18.2 Å². The van der Waals surface area contributed by atoms with Crippen LogP contribution in [0.2, 0.25) is 5.02 Å². The van der Waals surface area contributed by atoms with Gasteiger partial charge in [0.25, 0.3) is 11.6 Å². The van der Waals surface area contributed by atoms with E-state index in [4.69, 9.17) is 11.6 Å². The Balaban J connectivity index is 3.01. The van der Waals surface area contributed by atoms with Gasteiger partial charge in [-0.25, -0.2) is 4.79 Å². The van der Waals surface area contributed by atoms with Crippen molar-refractivity contribution in [3.63, 3.8) is 0 Å². The molecule has 1 rings (SSSR count). The Labute approximate surface area is 132 Å². The van der Waals surface area contributed by atoms with Crippen LogP contribution in [0.25, 0.3) is 0 Å². The predicted molar refractivity (Wildman–Crippen MR) is 80.8 cm³/mol. The summed E-state index contributed by atoms with van der Waals surface area (Å²) < 4.78 is 4.65. The smallest absolute Gasteiger partial charge is 0.328 e. The molecule has 0 aliphatic rings. The average molecular weight is 329 g/mol. The highest BCUT2D eigenvalue weighted by Gasteiger charge is 2.25. The van der Waals surface area contributed by atoms with E-state index in [0.717, 1.165) is 6.07 Å². The van der Waals surface area contributed by atoms with E-state index in [0.29, 0.717) is 6.42 Å². The van der Waals surface area contributed by atoms with Crippen molar-refractivity contribution >= 4 is 29.2 Å². The summed E-state index contributed by atoms with van der Waals surface area (Å²) in [5.41, 5.74) is -0.318. The number of benzene rings is 1. The first-order chi connectivity index (χ1) is 10.3. The van der Waals surface area contributed by atoms with Crippen LogP contribution >= 0.6 is 11.6 Å². The SMILES string of the molecule is COC(=O)C(CC(C)C)NC(=O)c1cc([N+](=O)[O-])ccc1Cl. The maximum absolute atomic E-state index is 12.2. The molecule has 1 aromatic rings. The second kappa shape index (κ2) is 7.74. The molecule has 1 atom stereocenters. The summed E-state index contributed by atoms with van der Waals surface area (Å²) in [7, 11) is 1.22. The first kappa shape index (κ1) is 17.9. The van der Waals surface area contributed by atoms with Gasteiger partial charge in [0.1, 0.15) is 6.04 Å². The Morgan fingerprint density at radius 3 is 2.55 bits per heavy atom. The standard InChI is InChI=1S/C14H17ClN2O5/c1-8(2)6-12(14(19)22-3)16-13(18)10-7-9(17(20)21)4-5-11(10)15/h4-5,7-8,12H,6H2,1-3H3,(H,16,18). The highest BCUT2D eigenvalue weighted by atomic mass is 35.5. The van der Waals surface area contributed by atoms with Crippen molar-refractivity contribution in [1.29, 1.82) is 0 Å². The lowest BCUT2D eigenvalue weighted by atomic mass is 10.0. The van der Waals surface area contributed by atoms with E-state index >= 15 is 0 Å². The van der Waals surface area contributed by atoms with E-state index < -0.39 is 22.8 Å². The van der Waals surface area contributed by atoms with Crippen LogP contribution in [-0.4, -0.2) is 30.0 Å². The molecule has 1 unspecified atom stereocenters. The summed E-state index contributed by atoms with van der Waals surface area (Å²) in [5, 5.41) is 13.3. The Kier molecular flexibility index (Phi) is 6.30. The Hall–Kier alpha value is -2.15. The van der Waals surface area contributed by atoms with Crippen LogP contribution in [0.4, 0.5) is 5.69 Å². The van der Waals surface area contributed by atoms with E-state index in [1.807, 2.05) is 13.8 Å². The highest BCUT2D eigenvalue weighted by molar-refractivity contribution is 6.34. The maximum Gasteiger partial charge on any atom is 0.328 e. The summed E-state index contributed by atoms with van der Waals surface area (Å²) in [6.45, 7) is 3.78. The van der Waals surface area contributed by atoms with Crippen LogP contribution in [0.3, 0.4) is 0 Å². The van der Waals surface area contributed by atoms with Gasteiger partial charge >= 0.3 is 5.97 Å². The molecule has 1 amide bonds. The van der Waals surface area contributed by atoms with Gasteiger partial charge < -0.3 is 10.1 Å². The maximum atomic E-state index is 12.2.